The Kier molecular flexibility index (Phi) is 3.67. The molecule has 2 aromatic rings. The predicted octanol–water partition coefficient (Wildman–Crippen LogP) is 3.41. The maximum atomic E-state index is 13.7. The summed E-state index contributed by atoms with van der Waals surface area (Å²) in [5.74, 6) is -2.71. The molecule has 1 unspecified atom stereocenters. The maximum absolute atomic E-state index is 13.7. The van der Waals surface area contributed by atoms with Gasteiger partial charge < -0.3 is 5.32 Å². The summed E-state index contributed by atoms with van der Waals surface area (Å²) >= 11 is 0. The minimum atomic E-state index is -0.920. The zero-order valence-corrected chi connectivity index (χ0v) is 9.75. The van der Waals surface area contributed by atoms with Crippen LogP contribution in [0.1, 0.15) is 17.2 Å². The third-order valence-corrected chi connectivity index (χ3v) is 2.75. The summed E-state index contributed by atoms with van der Waals surface area (Å²) in [4.78, 5) is 0. The standard InChI is InChI=1S/C14H12F3N/c1-18-14(9-5-3-2-4-6-9)13-11(16)7-10(15)8-12(13)17/h2-8,14,18H,1H3. The summed E-state index contributed by atoms with van der Waals surface area (Å²) in [6.45, 7) is 0. The molecule has 0 saturated heterocycles. The van der Waals surface area contributed by atoms with Gasteiger partial charge in [-0.05, 0) is 12.6 Å². The molecule has 0 aromatic heterocycles. The molecule has 4 heteroatoms. The molecular weight excluding hydrogens is 239 g/mol. The molecule has 0 aliphatic carbocycles. The van der Waals surface area contributed by atoms with Crippen LogP contribution in [0.25, 0.3) is 0 Å². The van der Waals surface area contributed by atoms with Gasteiger partial charge in [-0.3, -0.25) is 0 Å². The number of halogens is 3. The van der Waals surface area contributed by atoms with Gasteiger partial charge in [0.25, 0.3) is 0 Å². The van der Waals surface area contributed by atoms with Crippen molar-refractivity contribution >= 4 is 0 Å². The summed E-state index contributed by atoms with van der Waals surface area (Å²) in [7, 11) is 1.60. The second-order valence-corrected chi connectivity index (χ2v) is 3.92. The van der Waals surface area contributed by atoms with E-state index in [1.54, 1.807) is 31.3 Å². The fourth-order valence-corrected chi connectivity index (χ4v) is 1.95. The number of hydrogen-bond donors (Lipinski definition) is 1. The quantitative estimate of drug-likeness (QED) is 0.881. The van der Waals surface area contributed by atoms with Crippen molar-refractivity contribution in [2.24, 2.45) is 0 Å². The molecule has 0 spiro atoms. The number of benzene rings is 2. The Morgan fingerprint density at radius 3 is 2.00 bits per heavy atom. The minimum Gasteiger partial charge on any atom is -0.309 e. The first kappa shape index (κ1) is 12.6. The summed E-state index contributed by atoms with van der Waals surface area (Å²) in [5.41, 5.74) is 0.537. The molecule has 2 rings (SSSR count). The Hall–Kier alpha value is -1.81. The molecule has 1 atom stereocenters. The highest BCUT2D eigenvalue weighted by Crippen LogP contribution is 2.27. The van der Waals surface area contributed by atoms with Crippen molar-refractivity contribution in [1.29, 1.82) is 0 Å². The first-order valence-electron chi connectivity index (χ1n) is 5.50. The molecule has 18 heavy (non-hydrogen) atoms. The highest BCUT2D eigenvalue weighted by atomic mass is 19.1. The van der Waals surface area contributed by atoms with Crippen LogP contribution in [0, 0.1) is 17.5 Å². The molecule has 0 aliphatic rings. The van der Waals surface area contributed by atoms with Crippen LogP contribution in [-0.2, 0) is 0 Å². The van der Waals surface area contributed by atoms with E-state index in [0.717, 1.165) is 0 Å². The summed E-state index contributed by atoms with van der Waals surface area (Å²) in [6.07, 6.45) is 0. The zero-order chi connectivity index (χ0) is 13.1. The Balaban J connectivity index is 2.52. The molecule has 1 nitrogen and oxygen atoms in total. The third-order valence-electron chi connectivity index (χ3n) is 2.75. The van der Waals surface area contributed by atoms with Crippen LogP contribution in [0.5, 0.6) is 0 Å². The van der Waals surface area contributed by atoms with E-state index in [-0.39, 0.29) is 5.56 Å². The Morgan fingerprint density at radius 2 is 1.50 bits per heavy atom. The molecule has 0 saturated carbocycles. The lowest BCUT2D eigenvalue weighted by molar-refractivity contribution is 0.500. The predicted molar refractivity (Wildman–Crippen MR) is 63.7 cm³/mol. The highest BCUT2D eigenvalue weighted by molar-refractivity contribution is 5.33. The Bertz CT molecular complexity index is 517. The SMILES string of the molecule is CNC(c1ccccc1)c1c(F)cc(F)cc1F. The van der Waals surface area contributed by atoms with E-state index in [4.69, 9.17) is 0 Å². The molecule has 94 valence electrons. The van der Waals surface area contributed by atoms with Gasteiger partial charge in [0, 0.05) is 17.7 Å². The first-order valence-corrected chi connectivity index (χ1v) is 5.50. The average molecular weight is 251 g/mol. The van der Waals surface area contributed by atoms with Crippen molar-refractivity contribution in [3.8, 4) is 0 Å². The van der Waals surface area contributed by atoms with Crippen LogP contribution in [0.3, 0.4) is 0 Å². The van der Waals surface area contributed by atoms with Crippen LogP contribution in [0.15, 0.2) is 42.5 Å². The maximum Gasteiger partial charge on any atom is 0.134 e. The number of rotatable bonds is 3. The van der Waals surface area contributed by atoms with Crippen LogP contribution < -0.4 is 5.32 Å². The van der Waals surface area contributed by atoms with Crippen molar-refractivity contribution in [2.75, 3.05) is 7.05 Å². The minimum absolute atomic E-state index is 0.176. The zero-order valence-electron chi connectivity index (χ0n) is 9.75. The van der Waals surface area contributed by atoms with Crippen LogP contribution in [0.4, 0.5) is 13.2 Å². The molecule has 0 bridgehead atoms. The summed E-state index contributed by atoms with van der Waals surface area (Å²) < 4.78 is 40.3. The normalized spacial score (nSPS) is 12.4. The number of hydrogen-bond acceptors (Lipinski definition) is 1. The lowest BCUT2D eigenvalue weighted by Gasteiger charge is -2.18. The van der Waals surface area contributed by atoms with Crippen molar-refractivity contribution in [3.05, 3.63) is 71.0 Å². The topological polar surface area (TPSA) is 12.0 Å². The van der Waals surface area contributed by atoms with E-state index in [9.17, 15) is 13.2 Å². The monoisotopic (exact) mass is 251 g/mol. The molecule has 1 N–H and O–H groups in total. The first-order chi connectivity index (χ1) is 8.63. The highest BCUT2D eigenvalue weighted by Gasteiger charge is 2.21. The molecule has 0 radical (unpaired) electrons. The molecular formula is C14H12F3N. The van der Waals surface area contributed by atoms with Gasteiger partial charge in [0.15, 0.2) is 0 Å². The molecule has 0 aliphatic heterocycles. The van der Waals surface area contributed by atoms with Crippen molar-refractivity contribution in [3.63, 3.8) is 0 Å². The second-order valence-electron chi connectivity index (χ2n) is 3.92. The fraction of sp³-hybridized carbons (Fsp3) is 0.143. The van der Waals surface area contributed by atoms with Gasteiger partial charge in [0.2, 0.25) is 0 Å². The smallest absolute Gasteiger partial charge is 0.134 e. The van der Waals surface area contributed by atoms with Gasteiger partial charge in [-0.25, -0.2) is 13.2 Å². The van der Waals surface area contributed by atoms with Gasteiger partial charge in [-0.2, -0.15) is 0 Å². The van der Waals surface area contributed by atoms with E-state index in [2.05, 4.69) is 5.32 Å². The van der Waals surface area contributed by atoms with Gasteiger partial charge in [-0.1, -0.05) is 30.3 Å². The summed E-state index contributed by atoms with van der Waals surface area (Å²) in [6, 6.07) is 9.60. The third kappa shape index (κ3) is 2.38. The van der Waals surface area contributed by atoms with E-state index in [0.29, 0.717) is 17.7 Å². The number of nitrogens with one attached hydrogen (secondary N) is 1. The van der Waals surface area contributed by atoms with Crippen molar-refractivity contribution < 1.29 is 13.2 Å². The molecule has 0 heterocycles. The van der Waals surface area contributed by atoms with Gasteiger partial charge in [-0.15, -0.1) is 0 Å². The van der Waals surface area contributed by atoms with E-state index < -0.39 is 23.5 Å². The summed E-state index contributed by atoms with van der Waals surface area (Å²) in [5, 5.41) is 2.83. The van der Waals surface area contributed by atoms with Crippen LogP contribution in [0.2, 0.25) is 0 Å². The lowest BCUT2D eigenvalue weighted by atomic mass is 9.98. The fourth-order valence-electron chi connectivity index (χ4n) is 1.95. The van der Waals surface area contributed by atoms with Gasteiger partial charge in [0.1, 0.15) is 17.5 Å². The van der Waals surface area contributed by atoms with Gasteiger partial charge in [0.05, 0.1) is 6.04 Å². The lowest BCUT2D eigenvalue weighted by Crippen LogP contribution is -2.20. The van der Waals surface area contributed by atoms with Gasteiger partial charge >= 0.3 is 0 Å². The average Bonchev–Trinajstić information content (AvgIpc) is 2.34. The van der Waals surface area contributed by atoms with E-state index in [1.165, 1.54) is 0 Å². The van der Waals surface area contributed by atoms with Crippen LogP contribution in [-0.4, -0.2) is 7.05 Å². The van der Waals surface area contributed by atoms with Crippen molar-refractivity contribution in [1.82, 2.24) is 5.32 Å². The molecule has 0 amide bonds. The second kappa shape index (κ2) is 5.23. The van der Waals surface area contributed by atoms with E-state index in [1.807, 2.05) is 6.07 Å². The largest absolute Gasteiger partial charge is 0.309 e. The Morgan fingerprint density at radius 1 is 0.944 bits per heavy atom. The van der Waals surface area contributed by atoms with Crippen LogP contribution >= 0.6 is 0 Å². The van der Waals surface area contributed by atoms with E-state index >= 15 is 0 Å². The van der Waals surface area contributed by atoms with Crippen molar-refractivity contribution in [2.45, 2.75) is 6.04 Å². The molecule has 0 fully saturated rings. The Labute approximate surface area is 103 Å². The molecule has 2 aromatic carbocycles.